The Kier molecular flexibility index (Phi) is 5.82. The molecule has 1 aliphatic rings. The minimum atomic E-state index is -3.54. The molecule has 2 aromatic rings. The van der Waals surface area contributed by atoms with Crippen molar-refractivity contribution in [2.24, 2.45) is 0 Å². The monoisotopic (exact) mass is 388 g/mol. The van der Waals surface area contributed by atoms with Crippen LogP contribution in [-0.2, 0) is 10.0 Å². The molecule has 1 aliphatic heterocycles. The molecule has 0 unspecified atom stereocenters. The Bertz CT molecular complexity index is 902. The SMILES string of the molecule is CCOc1ccccc1C(=O)N1CCN(S(=O)(=O)c2ccc(C)cc2)CC1. The molecule has 2 aromatic carbocycles. The zero-order chi connectivity index (χ0) is 19.4. The third kappa shape index (κ3) is 4.14. The van der Waals surface area contributed by atoms with E-state index in [0.717, 1.165) is 5.56 Å². The van der Waals surface area contributed by atoms with E-state index >= 15 is 0 Å². The Morgan fingerprint density at radius 1 is 1.00 bits per heavy atom. The molecule has 0 N–H and O–H groups in total. The molecule has 1 amide bonds. The van der Waals surface area contributed by atoms with Crippen LogP contribution in [0, 0.1) is 6.92 Å². The van der Waals surface area contributed by atoms with Gasteiger partial charge in [0.05, 0.1) is 17.1 Å². The van der Waals surface area contributed by atoms with E-state index in [2.05, 4.69) is 0 Å². The van der Waals surface area contributed by atoms with Crippen molar-refractivity contribution >= 4 is 15.9 Å². The van der Waals surface area contributed by atoms with Gasteiger partial charge in [0.1, 0.15) is 5.75 Å². The van der Waals surface area contributed by atoms with Gasteiger partial charge in [-0.3, -0.25) is 4.79 Å². The normalized spacial score (nSPS) is 15.6. The average molecular weight is 388 g/mol. The van der Waals surface area contributed by atoms with Crippen molar-refractivity contribution in [1.29, 1.82) is 0 Å². The minimum Gasteiger partial charge on any atom is -0.493 e. The number of ether oxygens (including phenoxy) is 1. The number of amides is 1. The van der Waals surface area contributed by atoms with Gasteiger partial charge >= 0.3 is 0 Å². The van der Waals surface area contributed by atoms with Crippen LogP contribution in [0.1, 0.15) is 22.8 Å². The summed E-state index contributed by atoms with van der Waals surface area (Å²) < 4.78 is 32.6. The molecule has 6 nitrogen and oxygen atoms in total. The molecule has 1 saturated heterocycles. The molecule has 0 spiro atoms. The minimum absolute atomic E-state index is 0.133. The number of rotatable bonds is 5. The van der Waals surface area contributed by atoms with Crippen LogP contribution >= 0.6 is 0 Å². The topological polar surface area (TPSA) is 66.9 Å². The van der Waals surface area contributed by atoms with Crippen molar-refractivity contribution in [3.63, 3.8) is 0 Å². The van der Waals surface area contributed by atoms with Gasteiger partial charge in [-0.2, -0.15) is 4.31 Å². The zero-order valence-electron chi connectivity index (χ0n) is 15.6. The molecule has 3 rings (SSSR count). The van der Waals surface area contributed by atoms with E-state index in [0.29, 0.717) is 31.0 Å². The van der Waals surface area contributed by atoms with E-state index in [-0.39, 0.29) is 23.9 Å². The Morgan fingerprint density at radius 3 is 2.26 bits per heavy atom. The molecule has 1 fully saturated rings. The number of benzene rings is 2. The maximum atomic E-state index is 12.8. The highest BCUT2D eigenvalue weighted by Gasteiger charge is 2.31. The third-order valence-corrected chi connectivity index (χ3v) is 6.51. The molecule has 27 heavy (non-hydrogen) atoms. The number of para-hydroxylation sites is 1. The fourth-order valence-electron chi connectivity index (χ4n) is 3.09. The molecular weight excluding hydrogens is 364 g/mol. The summed E-state index contributed by atoms with van der Waals surface area (Å²) >= 11 is 0. The van der Waals surface area contributed by atoms with E-state index in [1.165, 1.54) is 4.31 Å². The first-order valence-electron chi connectivity index (χ1n) is 9.01. The van der Waals surface area contributed by atoms with Crippen molar-refractivity contribution in [2.45, 2.75) is 18.7 Å². The first-order chi connectivity index (χ1) is 12.9. The number of carbonyl (C=O) groups is 1. The van der Waals surface area contributed by atoms with Gasteiger partial charge in [-0.15, -0.1) is 0 Å². The molecular formula is C20H24N2O4S. The van der Waals surface area contributed by atoms with E-state index in [1.807, 2.05) is 19.9 Å². The maximum Gasteiger partial charge on any atom is 0.257 e. The Labute approximate surface area is 160 Å². The number of sulfonamides is 1. The lowest BCUT2D eigenvalue weighted by Crippen LogP contribution is -2.50. The second kappa shape index (κ2) is 8.10. The fourth-order valence-corrected chi connectivity index (χ4v) is 4.51. The average Bonchev–Trinajstić information content (AvgIpc) is 2.68. The molecule has 0 aliphatic carbocycles. The van der Waals surface area contributed by atoms with Crippen LogP contribution in [0.5, 0.6) is 5.75 Å². The number of aryl methyl sites for hydroxylation is 1. The van der Waals surface area contributed by atoms with Crippen molar-refractivity contribution in [2.75, 3.05) is 32.8 Å². The molecule has 7 heteroatoms. The quantitative estimate of drug-likeness (QED) is 0.789. The smallest absolute Gasteiger partial charge is 0.257 e. The highest BCUT2D eigenvalue weighted by molar-refractivity contribution is 7.89. The van der Waals surface area contributed by atoms with Gasteiger partial charge in [-0.25, -0.2) is 8.42 Å². The lowest BCUT2D eigenvalue weighted by Gasteiger charge is -2.34. The van der Waals surface area contributed by atoms with Gasteiger partial charge in [0.2, 0.25) is 10.0 Å². The molecule has 0 saturated carbocycles. The highest BCUT2D eigenvalue weighted by atomic mass is 32.2. The van der Waals surface area contributed by atoms with E-state index in [9.17, 15) is 13.2 Å². The van der Waals surface area contributed by atoms with Crippen molar-refractivity contribution in [3.8, 4) is 5.75 Å². The lowest BCUT2D eigenvalue weighted by molar-refractivity contribution is 0.0693. The van der Waals surface area contributed by atoms with Crippen LogP contribution in [0.25, 0.3) is 0 Å². The summed E-state index contributed by atoms with van der Waals surface area (Å²) in [5, 5.41) is 0. The van der Waals surface area contributed by atoms with Gasteiger partial charge in [0.15, 0.2) is 0 Å². The summed E-state index contributed by atoms with van der Waals surface area (Å²) in [6.07, 6.45) is 0. The molecule has 0 bridgehead atoms. The molecule has 0 atom stereocenters. The summed E-state index contributed by atoms with van der Waals surface area (Å²) in [5.74, 6) is 0.422. The van der Waals surface area contributed by atoms with Crippen molar-refractivity contribution in [1.82, 2.24) is 9.21 Å². The Balaban J connectivity index is 1.70. The van der Waals surface area contributed by atoms with E-state index < -0.39 is 10.0 Å². The lowest BCUT2D eigenvalue weighted by atomic mass is 10.1. The van der Waals surface area contributed by atoms with Crippen LogP contribution < -0.4 is 4.74 Å². The number of piperazine rings is 1. The summed E-state index contributed by atoms with van der Waals surface area (Å²) in [7, 11) is -3.54. The first kappa shape index (κ1) is 19.4. The second-order valence-electron chi connectivity index (χ2n) is 6.44. The van der Waals surface area contributed by atoms with Gasteiger partial charge in [-0.05, 0) is 38.1 Å². The maximum absolute atomic E-state index is 12.8. The number of nitrogens with zero attached hydrogens (tertiary/aromatic N) is 2. The predicted molar refractivity (Wildman–Crippen MR) is 103 cm³/mol. The number of carbonyl (C=O) groups excluding carboxylic acids is 1. The fraction of sp³-hybridized carbons (Fsp3) is 0.350. The van der Waals surface area contributed by atoms with Gasteiger partial charge < -0.3 is 9.64 Å². The second-order valence-corrected chi connectivity index (χ2v) is 8.38. The zero-order valence-corrected chi connectivity index (χ0v) is 16.4. The van der Waals surface area contributed by atoms with Gasteiger partial charge in [-0.1, -0.05) is 29.8 Å². The molecule has 0 aromatic heterocycles. The van der Waals surface area contributed by atoms with Crippen LogP contribution in [0.4, 0.5) is 0 Å². The standard InChI is InChI=1S/C20H24N2O4S/c1-3-26-19-7-5-4-6-18(19)20(23)21-12-14-22(15-13-21)27(24,25)17-10-8-16(2)9-11-17/h4-11H,3,12-15H2,1-2H3. The summed E-state index contributed by atoms with van der Waals surface area (Å²) in [6, 6.07) is 14.0. The predicted octanol–water partition coefficient (Wildman–Crippen LogP) is 2.54. The van der Waals surface area contributed by atoms with Crippen molar-refractivity contribution in [3.05, 3.63) is 59.7 Å². The van der Waals surface area contributed by atoms with Gasteiger partial charge in [0.25, 0.3) is 5.91 Å². The van der Waals surface area contributed by atoms with Crippen LogP contribution in [-0.4, -0.2) is 56.3 Å². The summed E-state index contributed by atoms with van der Waals surface area (Å²) in [5.41, 5.74) is 1.52. The summed E-state index contributed by atoms with van der Waals surface area (Å²) in [4.78, 5) is 14.8. The number of hydrogen-bond acceptors (Lipinski definition) is 4. The summed E-state index contributed by atoms with van der Waals surface area (Å²) in [6.45, 7) is 5.52. The largest absolute Gasteiger partial charge is 0.493 e. The van der Waals surface area contributed by atoms with E-state index in [4.69, 9.17) is 4.74 Å². The Morgan fingerprint density at radius 2 is 1.63 bits per heavy atom. The highest BCUT2D eigenvalue weighted by Crippen LogP contribution is 2.22. The Hall–Kier alpha value is -2.38. The molecule has 1 heterocycles. The van der Waals surface area contributed by atoms with Crippen LogP contribution in [0.3, 0.4) is 0 Å². The molecule has 144 valence electrons. The van der Waals surface area contributed by atoms with E-state index in [1.54, 1.807) is 47.4 Å². The molecule has 0 radical (unpaired) electrons. The van der Waals surface area contributed by atoms with Crippen molar-refractivity contribution < 1.29 is 17.9 Å². The number of hydrogen-bond donors (Lipinski definition) is 0. The van der Waals surface area contributed by atoms with Crippen LogP contribution in [0.2, 0.25) is 0 Å². The van der Waals surface area contributed by atoms with Gasteiger partial charge in [0, 0.05) is 26.2 Å². The third-order valence-electron chi connectivity index (χ3n) is 4.60. The van der Waals surface area contributed by atoms with Crippen LogP contribution in [0.15, 0.2) is 53.4 Å². The first-order valence-corrected chi connectivity index (χ1v) is 10.5.